The van der Waals surface area contributed by atoms with Crippen molar-refractivity contribution in [3.8, 4) is 11.1 Å². The molecule has 2 aliphatic rings. The van der Waals surface area contributed by atoms with Crippen LogP contribution in [0.4, 0.5) is 4.79 Å². The molecule has 4 rings (SSSR count). The molecule has 1 aliphatic heterocycles. The van der Waals surface area contributed by atoms with E-state index in [1.54, 1.807) is 0 Å². The van der Waals surface area contributed by atoms with Gasteiger partial charge in [0, 0.05) is 32.0 Å². The summed E-state index contributed by atoms with van der Waals surface area (Å²) >= 11 is 0. The Kier molecular flexibility index (Phi) is 7.24. The van der Waals surface area contributed by atoms with Gasteiger partial charge in [0.2, 0.25) is 5.91 Å². The lowest BCUT2D eigenvalue weighted by Crippen LogP contribution is -2.38. The zero-order chi connectivity index (χ0) is 23.2. The number of aliphatic carboxylic acids is 1. The van der Waals surface area contributed by atoms with Crippen molar-refractivity contribution in [2.24, 2.45) is 5.92 Å². The van der Waals surface area contributed by atoms with E-state index in [1.807, 2.05) is 24.3 Å². The Balaban J connectivity index is 1.21. The maximum Gasteiger partial charge on any atom is 0.407 e. The summed E-state index contributed by atoms with van der Waals surface area (Å²) in [6.07, 6.45) is 0.145. The van der Waals surface area contributed by atoms with Gasteiger partial charge in [0.25, 0.3) is 0 Å². The average Bonchev–Trinajstić information content (AvgIpc) is 2.96. The second-order valence-corrected chi connectivity index (χ2v) is 8.31. The van der Waals surface area contributed by atoms with Crippen LogP contribution in [0.1, 0.15) is 29.9 Å². The zero-order valence-corrected chi connectivity index (χ0v) is 18.4. The van der Waals surface area contributed by atoms with Gasteiger partial charge in [-0.2, -0.15) is 0 Å². The van der Waals surface area contributed by atoms with Crippen LogP contribution in [-0.2, 0) is 19.1 Å². The predicted molar refractivity (Wildman–Crippen MR) is 121 cm³/mol. The van der Waals surface area contributed by atoms with E-state index in [9.17, 15) is 19.5 Å². The highest BCUT2D eigenvalue weighted by Crippen LogP contribution is 2.44. The Morgan fingerprint density at radius 2 is 1.73 bits per heavy atom. The number of alkyl carbamates (subject to hydrolysis) is 1. The fourth-order valence-corrected chi connectivity index (χ4v) is 4.42. The Labute approximate surface area is 192 Å². The van der Waals surface area contributed by atoms with Gasteiger partial charge in [0.15, 0.2) is 0 Å². The van der Waals surface area contributed by atoms with Crippen LogP contribution in [-0.4, -0.2) is 67.4 Å². The number of carbonyl (C=O) groups excluding carboxylic acids is 2. The van der Waals surface area contributed by atoms with Crippen molar-refractivity contribution in [2.75, 3.05) is 39.5 Å². The molecule has 8 nitrogen and oxygen atoms in total. The number of ether oxygens (including phenoxy) is 2. The minimum absolute atomic E-state index is 0.00263. The number of carboxylic acids is 1. The van der Waals surface area contributed by atoms with Crippen molar-refractivity contribution in [3.05, 3.63) is 59.7 Å². The summed E-state index contributed by atoms with van der Waals surface area (Å²) < 4.78 is 10.8. The highest BCUT2D eigenvalue weighted by Gasteiger charge is 2.29. The van der Waals surface area contributed by atoms with Crippen molar-refractivity contribution >= 4 is 18.0 Å². The fraction of sp³-hybridized carbons (Fsp3) is 0.400. The molecule has 0 saturated carbocycles. The molecule has 8 heteroatoms. The van der Waals surface area contributed by atoms with Gasteiger partial charge in [0.05, 0.1) is 19.1 Å². The topological polar surface area (TPSA) is 105 Å². The summed E-state index contributed by atoms with van der Waals surface area (Å²) in [5.41, 5.74) is 4.64. The van der Waals surface area contributed by atoms with Gasteiger partial charge in [0.1, 0.15) is 6.61 Å². The van der Waals surface area contributed by atoms with Crippen LogP contribution >= 0.6 is 0 Å². The SMILES string of the molecule is O=C(NCCCC(=O)N1CCOCC(C(=O)O)C1)OCC1c2ccccc2-c2ccccc21. The summed E-state index contributed by atoms with van der Waals surface area (Å²) in [5.74, 6) is -1.82. The quantitative estimate of drug-likeness (QED) is 0.626. The number of carboxylic acid groups (broad SMARTS) is 1. The summed E-state index contributed by atoms with van der Waals surface area (Å²) in [5, 5.41) is 11.9. The highest BCUT2D eigenvalue weighted by molar-refractivity contribution is 5.79. The zero-order valence-electron chi connectivity index (χ0n) is 18.4. The van der Waals surface area contributed by atoms with Crippen LogP contribution in [0.15, 0.2) is 48.5 Å². The average molecular weight is 453 g/mol. The van der Waals surface area contributed by atoms with Gasteiger partial charge < -0.3 is 24.8 Å². The van der Waals surface area contributed by atoms with E-state index in [2.05, 4.69) is 29.6 Å². The second-order valence-electron chi connectivity index (χ2n) is 8.31. The third-order valence-electron chi connectivity index (χ3n) is 6.15. The van der Waals surface area contributed by atoms with Gasteiger partial charge in [-0.15, -0.1) is 0 Å². The molecule has 2 aromatic carbocycles. The van der Waals surface area contributed by atoms with Crippen molar-refractivity contribution in [1.29, 1.82) is 0 Å². The molecular formula is C25H28N2O6. The lowest BCUT2D eigenvalue weighted by atomic mass is 9.98. The summed E-state index contributed by atoms with van der Waals surface area (Å²) in [7, 11) is 0. The molecule has 2 N–H and O–H groups in total. The molecule has 0 spiro atoms. The molecule has 174 valence electrons. The molecule has 1 saturated heterocycles. The summed E-state index contributed by atoms with van der Waals surface area (Å²) in [4.78, 5) is 37.4. The molecule has 2 amide bonds. The predicted octanol–water partition coefficient (Wildman–Crippen LogP) is 2.86. The normalized spacial score (nSPS) is 17.6. The van der Waals surface area contributed by atoms with Crippen LogP contribution in [0.3, 0.4) is 0 Å². The number of hydrogen-bond acceptors (Lipinski definition) is 5. The fourth-order valence-electron chi connectivity index (χ4n) is 4.42. The number of fused-ring (bicyclic) bond motifs is 3. The van der Waals surface area contributed by atoms with Gasteiger partial charge >= 0.3 is 12.1 Å². The number of rotatable bonds is 7. The van der Waals surface area contributed by atoms with Crippen molar-refractivity contribution in [1.82, 2.24) is 10.2 Å². The first-order chi connectivity index (χ1) is 16.0. The van der Waals surface area contributed by atoms with Crippen LogP contribution in [0.5, 0.6) is 0 Å². The molecule has 33 heavy (non-hydrogen) atoms. The molecule has 1 atom stereocenters. The Hall–Kier alpha value is -3.39. The van der Waals surface area contributed by atoms with Crippen LogP contribution in [0.2, 0.25) is 0 Å². The van der Waals surface area contributed by atoms with Crippen LogP contribution in [0, 0.1) is 5.92 Å². The molecule has 0 radical (unpaired) electrons. The Morgan fingerprint density at radius 1 is 1.06 bits per heavy atom. The summed E-state index contributed by atoms with van der Waals surface area (Å²) in [6, 6.07) is 16.3. The van der Waals surface area contributed by atoms with Crippen molar-refractivity contribution < 1.29 is 29.0 Å². The Morgan fingerprint density at radius 3 is 2.39 bits per heavy atom. The van der Waals surface area contributed by atoms with E-state index in [0.717, 1.165) is 11.1 Å². The molecule has 0 bridgehead atoms. The first-order valence-electron chi connectivity index (χ1n) is 11.2. The van der Waals surface area contributed by atoms with E-state index in [0.29, 0.717) is 26.1 Å². The number of nitrogens with zero attached hydrogens (tertiary/aromatic N) is 1. The molecule has 0 aromatic heterocycles. The first-order valence-corrected chi connectivity index (χ1v) is 11.2. The molecule has 1 aliphatic carbocycles. The molecule has 1 unspecified atom stereocenters. The minimum Gasteiger partial charge on any atom is -0.481 e. The van der Waals surface area contributed by atoms with Gasteiger partial charge in [-0.25, -0.2) is 4.79 Å². The second kappa shape index (κ2) is 10.5. The number of benzene rings is 2. The smallest absolute Gasteiger partial charge is 0.407 e. The van der Waals surface area contributed by atoms with E-state index < -0.39 is 18.0 Å². The number of carbonyl (C=O) groups is 3. The minimum atomic E-state index is -0.966. The standard InChI is InChI=1S/C25H28N2O6/c28-23(27-12-13-32-15-17(14-27)24(29)30)10-5-11-26-25(31)33-16-22-20-8-3-1-6-18(20)19-7-2-4-9-21(19)22/h1-4,6-9,17,22H,5,10-16H2,(H,26,31)(H,29,30). The molecular weight excluding hydrogens is 424 g/mol. The lowest BCUT2D eigenvalue weighted by molar-refractivity contribution is -0.144. The maximum absolute atomic E-state index is 12.4. The first kappa shape index (κ1) is 22.8. The third-order valence-corrected chi connectivity index (χ3v) is 6.15. The van der Waals surface area contributed by atoms with Gasteiger partial charge in [-0.1, -0.05) is 48.5 Å². The molecule has 1 fully saturated rings. The van der Waals surface area contributed by atoms with Gasteiger partial charge in [-0.05, 0) is 28.7 Å². The number of nitrogens with one attached hydrogen (secondary N) is 1. The number of amides is 2. The third kappa shape index (κ3) is 5.34. The van der Waals surface area contributed by atoms with Gasteiger partial charge in [-0.3, -0.25) is 9.59 Å². The Bertz CT molecular complexity index is 978. The van der Waals surface area contributed by atoms with Crippen molar-refractivity contribution in [2.45, 2.75) is 18.8 Å². The van der Waals surface area contributed by atoms with Crippen LogP contribution in [0.25, 0.3) is 11.1 Å². The molecule has 2 aromatic rings. The summed E-state index contributed by atoms with van der Waals surface area (Å²) in [6.45, 7) is 1.50. The maximum atomic E-state index is 12.4. The monoisotopic (exact) mass is 452 g/mol. The van der Waals surface area contributed by atoms with E-state index in [1.165, 1.54) is 16.0 Å². The van der Waals surface area contributed by atoms with Crippen molar-refractivity contribution in [3.63, 3.8) is 0 Å². The van der Waals surface area contributed by atoms with Crippen LogP contribution < -0.4 is 5.32 Å². The lowest BCUT2D eigenvalue weighted by Gasteiger charge is -2.21. The number of hydrogen-bond donors (Lipinski definition) is 2. The van der Waals surface area contributed by atoms with E-state index >= 15 is 0 Å². The molecule has 1 heterocycles. The highest BCUT2D eigenvalue weighted by atomic mass is 16.5. The van der Waals surface area contributed by atoms with E-state index in [4.69, 9.17) is 9.47 Å². The largest absolute Gasteiger partial charge is 0.481 e. The van der Waals surface area contributed by atoms with E-state index in [-0.39, 0.29) is 38.0 Å².